The van der Waals surface area contributed by atoms with Gasteiger partial charge in [0.15, 0.2) is 0 Å². The minimum atomic E-state index is -0.373. The number of hydrogen-bond donors (Lipinski definition) is 1. The molecule has 5 nitrogen and oxygen atoms in total. The lowest BCUT2D eigenvalue weighted by Gasteiger charge is -2.31. The second-order valence-corrected chi connectivity index (χ2v) is 7.20. The number of imide groups is 1. The van der Waals surface area contributed by atoms with E-state index in [1.165, 1.54) is 19.3 Å². The Balaban J connectivity index is 1.70. The van der Waals surface area contributed by atoms with E-state index in [2.05, 4.69) is 5.32 Å². The second-order valence-electron chi connectivity index (χ2n) is 6.18. The molecule has 1 aliphatic heterocycles. The van der Waals surface area contributed by atoms with E-state index in [1.807, 2.05) is 11.9 Å². The monoisotopic (exact) mass is 344 g/mol. The Morgan fingerprint density at radius 1 is 1.17 bits per heavy atom. The quantitative estimate of drug-likeness (QED) is 0.853. The third-order valence-corrected chi connectivity index (χ3v) is 5.35. The van der Waals surface area contributed by atoms with Crippen molar-refractivity contribution in [1.29, 1.82) is 0 Å². The Bertz CT molecular complexity index is 691. The average molecular weight is 344 g/mol. The number of thioether (sulfide) groups is 1. The molecule has 0 unspecified atom stereocenters. The van der Waals surface area contributed by atoms with Gasteiger partial charge in [-0.15, -0.1) is 0 Å². The first-order valence-corrected chi connectivity index (χ1v) is 8.98. The van der Waals surface area contributed by atoms with E-state index >= 15 is 0 Å². The summed E-state index contributed by atoms with van der Waals surface area (Å²) in [5, 5.41) is 1.87. The molecule has 2 aliphatic rings. The number of carbonyl (C=O) groups is 3. The molecule has 0 bridgehead atoms. The van der Waals surface area contributed by atoms with E-state index in [9.17, 15) is 14.4 Å². The van der Waals surface area contributed by atoms with Gasteiger partial charge in [-0.2, -0.15) is 0 Å². The first-order chi connectivity index (χ1) is 11.5. The first-order valence-electron chi connectivity index (χ1n) is 8.16. The molecule has 1 saturated carbocycles. The van der Waals surface area contributed by atoms with Gasteiger partial charge < -0.3 is 4.90 Å². The molecule has 3 amide bonds. The summed E-state index contributed by atoms with van der Waals surface area (Å²) >= 11 is 0.889. The minimum absolute atomic E-state index is 0.0317. The molecule has 1 aromatic rings. The Hall–Kier alpha value is -2.08. The highest BCUT2D eigenvalue weighted by Gasteiger charge is 2.25. The molecule has 126 valence electrons. The van der Waals surface area contributed by atoms with Gasteiger partial charge in [-0.25, -0.2) is 0 Å². The number of benzene rings is 1. The van der Waals surface area contributed by atoms with Gasteiger partial charge in [0, 0.05) is 18.7 Å². The van der Waals surface area contributed by atoms with E-state index in [1.54, 1.807) is 30.3 Å². The highest BCUT2D eigenvalue weighted by Crippen LogP contribution is 2.26. The van der Waals surface area contributed by atoms with Crippen molar-refractivity contribution in [3.63, 3.8) is 0 Å². The van der Waals surface area contributed by atoms with Crippen LogP contribution in [0.3, 0.4) is 0 Å². The van der Waals surface area contributed by atoms with Crippen molar-refractivity contribution >= 4 is 34.9 Å². The van der Waals surface area contributed by atoms with Crippen LogP contribution in [0.1, 0.15) is 48.0 Å². The second kappa shape index (κ2) is 7.21. The number of nitrogens with zero attached hydrogens (tertiary/aromatic N) is 1. The standard InChI is InChI=1S/C18H20N2O3S/c1-20(14-5-3-2-4-6-14)17(22)13-9-7-12(8-10-13)11-15-16(21)19-18(23)24-15/h7-11,14H,2-6H2,1H3,(H,19,21,23)/b15-11+. The van der Waals surface area contributed by atoms with Crippen LogP contribution in [0, 0.1) is 0 Å². The van der Waals surface area contributed by atoms with E-state index in [-0.39, 0.29) is 17.1 Å². The molecule has 0 aromatic heterocycles. The molecule has 2 fully saturated rings. The molecule has 24 heavy (non-hydrogen) atoms. The predicted molar refractivity (Wildman–Crippen MR) is 94.5 cm³/mol. The van der Waals surface area contributed by atoms with Crippen LogP contribution in [0.2, 0.25) is 0 Å². The summed E-state index contributed by atoms with van der Waals surface area (Å²) in [7, 11) is 1.87. The molecule has 1 aromatic carbocycles. The molecule has 1 saturated heterocycles. The zero-order valence-corrected chi connectivity index (χ0v) is 14.4. The van der Waals surface area contributed by atoms with Crippen LogP contribution in [0.4, 0.5) is 4.79 Å². The van der Waals surface area contributed by atoms with Gasteiger partial charge in [-0.3, -0.25) is 19.7 Å². The van der Waals surface area contributed by atoms with Gasteiger partial charge in [-0.05, 0) is 48.4 Å². The largest absolute Gasteiger partial charge is 0.339 e. The third-order valence-electron chi connectivity index (χ3n) is 4.54. The van der Waals surface area contributed by atoms with E-state index in [0.717, 1.165) is 30.2 Å². The maximum Gasteiger partial charge on any atom is 0.290 e. The molecule has 6 heteroatoms. The fourth-order valence-electron chi connectivity index (χ4n) is 3.13. The van der Waals surface area contributed by atoms with E-state index in [4.69, 9.17) is 0 Å². The SMILES string of the molecule is CN(C(=O)c1ccc(/C=C2/SC(=O)NC2=O)cc1)C1CCCCC1. The highest BCUT2D eigenvalue weighted by atomic mass is 32.2. The van der Waals surface area contributed by atoms with Crippen LogP contribution in [0.25, 0.3) is 6.08 Å². The van der Waals surface area contributed by atoms with Crippen LogP contribution in [-0.2, 0) is 4.79 Å². The summed E-state index contributed by atoms with van der Waals surface area (Å²) in [6, 6.07) is 7.47. The molecule has 0 atom stereocenters. The van der Waals surface area contributed by atoms with Crippen molar-refractivity contribution in [3.8, 4) is 0 Å². The highest BCUT2D eigenvalue weighted by molar-refractivity contribution is 8.18. The Morgan fingerprint density at radius 3 is 2.42 bits per heavy atom. The smallest absolute Gasteiger partial charge is 0.290 e. The van der Waals surface area contributed by atoms with Crippen molar-refractivity contribution < 1.29 is 14.4 Å². The molecule has 1 N–H and O–H groups in total. The molecular weight excluding hydrogens is 324 g/mol. The number of nitrogens with one attached hydrogen (secondary N) is 1. The predicted octanol–water partition coefficient (Wildman–Crippen LogP) is 3.42. The maximum absolute atomic E-state index is 12.6. The van der Waals surface area contributed by atoms with Crippen molar-refractivity contribution in [2.45, 2.75) is 38.1 Å². The van der Waals surface area contributed by atoms with Crippen molar-refractivity contribution in [1.82, 2.24) is 10.2 Å². The Kier molecular flexibility index (Phi) is 5.04. The maximum atomic E-state index is 12.6. The van der Waals surface area contributed by atoms with Crippen molar-refractivity contribution in [3.05, 3.63) is 40.3 Å². The van der Waals surface area contributed by atoms with Gasteiger partial charge in [-0.1, -0.05) is 31.4 Å². The minimum Gasteiger partial charge on any atom is -0.339 e. The topological polar surface area (TPSA) is 66.5 Å². The summed E-state index contributed by atoms with van der Waals surface area (Å²) in [6.45, 7) is 0. The van der Waals surface area contributed by atoms with E-state index < -0.39 is 0 Å². The van der Waals surface area contributed by atoms with Gasteiger partial charge in [0.1, 0.15) is 0 Å². The fraction of sp³-hybridized carbons (Fsp3) is 0.389. The normalized spacial score (nSPS) is 20.3. The molecule has 0 spiro atoms. The summed E-state index contributed by atoms with van der Waals surface area (Å²) in [5.74, 6) is -0.341. The summed E-state index contributed by atoms with van der Waals surface area (Å²) in [6.07, 6.45) is 7.44. The van der Waals surface area contributed by atoms with Gasteiger partial charge in [0.2, 0.25) is 0 Å². The lowest BCUT2D eigenvalue weighted by molar-refractivity contribution is -0.115. The molecule has 1 aliphatic carbocycles. The van der Waals surface area contributed by atoms with Crippen molar-refractivity contribution in [2.24, 2.45) is 0 Å². The Labute approximate surface area is 145 Å². The van der Waals surface area contributed by atoms with Crippen LogP contribution in [-0.4, -0.2) is 35.0 Å². The summed E-state index contributed by atoms with van der Waals surface area (Å²) in [5.41, 5.74) is 1.43. The zero-order valence-electron chi connectivity index (χ0n) is 13.6. The molecule has 0 radical (unpaired) electrons. The average Bonchev–Trinajstić information content (AvgIpc) is 2.92. The number of carbonyl (C=O) groups excluding carboxylic acids is 3. The molecule has 1 heterocycles. The summed E-state index contributed by atoms with van der Waals surface area (Å²) < 4.78 is 0. The molecular formula is C18H20N2O3S. The number of amides is 3. The Morgan fingerprint density at radius 2 is 1.83 bits per heavy atom. The van der Waals surface area contributed by atoms with Gasteiger partial charge in [0.25, 0.3) is 17.1 Å². The third kappa shape index (κ3) is 3.70. The van der Waals surface area contributed by atoms with Gasteiger partial charge in [0.05, 0.1) is 4.91 Å². The van der Waals surface area contributed by atoms with E-state index in [0.29, 0.717) is 16.5 Å². The summed E-state index contributed by atoms with van der Waals surface area (Å²) in [4.78, 5) is 37.5. The van der Waals surface area contributed by atoms with Crippen LogP contribution in [0.5, 0.6) is 0 Å². The van der Waals surface area contributed by atoms with Crippen molar-refractivity contribution in [2.75, 3.05) is 7.05 Å². The lowest BCUT2D eigenvalue weighted by atomic mass is 9.94. The number of hydrogen-bond acceptors (Lipinski definition) is 4. The van der Waals surface area contributed by atoms with Gasteiger partial charge >= 0.3 is 0 Å². The molecule has 3 rings (SSSR count). The van der Waals surface area contributed by atoms with Crippen LogP contribution in [0.15, 0.2) is 29.2 Å². The van der Waals surface area contributed by atoms with Crippen LogP contribution >= 0.6 is 11.8 Å². The van der Waals surface area contributed by atoms with Crippen LogP contribution < -0.4 is 5.32 Å². The number of rotatable bonds is 3. The fourth-order valence-corrected chi connectivity index (χ4v) is 3.81. The first kappa shape index (κ1) is 16.8. The lowest BCUT2D eigenvalue weighted by Crippen LogP contribution is -2.38. The zero-order chi connectivity index (χ0) is 17.1.